The SMILES string of the molecule is CCC1(C)NC(=O)C2(CCCC2)N(Cc2cncs2)C1=O. The van der Waals surface area contributed by atoms with Crippen LogP contribution < -0.4 is 5.32 Å². The van der Waals surface area contributed by atoms with Gasteiger partial charge in [0, 0.05) is 11.1 Å². The third kappa shape index (κ3) is 2.16. The van der Waals surface area contributed by atoms with Crippen LogP contribution in [0.15, 0.2) is 11.7 Å². The van der Waals surface area contributed by atoms with E-state index in [2.05, 4.69) is 10.3 Å². The molecule has 1 saturated heterocycles. The van der Waals surface area contributed by atoms with Gasteiger partial charge in [-0.2, -0.15) is 0 Å². The van der Waals surface area contributed by atoms with Gasteiger partial charge in [0.25, 0.3) is 0 Å². The average Bonchev–Trinajstić information content (AvgIpc) is 3.14. The third-order valence-corrected chi connectivity index (χ3v) is 5.75. The van der Waals surface area contributed by atoms with Crippen LogP contribution in [0.25, 0.3) is 0 Å². The fourth-order valence-electron chi connectivity index (χ4n) is 3.43. The summed E-state index contributed by atoms with van der Waals surface area (Å²) in [7, 11) is 0. The number of thiazole rings is 1. The first kappa shape index (κ1) is 14.5. The van der Waals surface area contributed by atoms with Gasteiger partial charge in [0.05, 0.1) is 12.1 Å². The van der Waals surface area contributed by atoms with Crippen molar-refractivity contribution >= 4 is 23.2 Å². The normalized spacial score (nSPS) is 28.2. The molecule has 1 aromatic rings. The van der Waals surface area contributed by atoms with Crippen molar-refractivity contribution in [2.45, 2.75) is 63.6 Å². The van der Waals surface area contributed by atoms with Crippen molar-refractivity contribution in [1.29, 1.82) is 0 Å². The summed E-state index contributed by atoms with van der Waals surface area (Å²) >= 11 is 1.53. The van der Waals surface area contributed by atoms with Crippen molar-refractivity contribution in [2.24, 2.45) is 0 Å². The van der Waals surface area contributed by atoms with Crippen LogP contribution in [-0.2, 0) is 16.1 Å². The summed E-state index contributed by atoms with van der Waals surface area (Å²) in [5.41, 5.74) is 0.343. The van der Waals surface area contributed by atoms with Gasteiger partial charge >= 0.3 is 0 Å². The molecule has 1 spiro atoms. The molecule has 21 heavy (non-hydrogen) atoms. The van der Waals surface area contributed by atoms with Gasteiger partial charge < -0.3 is 10.2 Å². The largest absolute Gasteiger partial charge is 0.340 e. The van der Waals surface area contributed by atoms with E-state index in [4.69, 9.17) is 0 Å². The van der Waals surface area contributed by atoms with Gasteiger partial charge in [0.1, 0.15) is 11.1 Å². The molecule has 0 radical (unpaired) electrons. The van der Waals surface area contributed by atoms with Crippen molar-refractivity contribution in [3.05, 3.63) is 16.6 Å². The van der Waals surface area contributed by atoms with Gasteiger partial charge in [-0.3, -0.25) is 14.6 Å². The highest BCUT2D eigenvalue weighted by atomic mass is 32.1. The first-order valence-electron chi connectivity index (χ1n) is 7.54. The molecule has 2 fully saturated rings. The zero-order valence-corrected chi connectivity index (χ0v) is 13.3. The Morgan fingerprint density at radius 1 is 1.38 bits per heavy atom. The minimum absolute atomic E-state index is 0.0217. The molecule has 1 N–H and O–H groups in total. The van der Waals surface area contributed by atoms with Crippen molar-refractivity contribution in [3.8, 4) is 0 Å². The molecular formula is C15H21N3O2S. The van der Waals surface area contributed by atoms with Crippen LogP contribution >= 0.6 is 11.3 Å². The Bertz CT molecular complexity index is 551. The van der Waals surface area contributed by atoms with Crippen LogP contribution in [0.5, 0.6) is 0 Å². The zero-order chi connectivity index (χ0) is 15.1. The molecule has 1 aromatic heterocycles. The fourth-order valence-corrected chi connectivity index (χ4v) is 4.01. The lowest BCUT2D eigenvalue weighted by Crippen LogP contribution is -2.73. The number of nitrogens with zero attached hydrogens (tertiary/aromatic N) is 2. The minimum atomic E-state index is -0.782. The molecule has 1 saturated carbocycles. The van der Waals surface area contributed by atoms with E-state index in [1.54, 1.807) is 11.7 Å². The molecule has 1 unspecified atom stereocenters. The van der Waals surface area contributed by atoms with E-state index >= 15 is 0 Å². The van der Waals surface area contributed by atoms with Crippen molar-refractivity contribution in [2.75, 3.05) is 0 Å². The van der Waals surface area contributed by atoms with Gasteiger partial charge in [-0.25, -0.2) is 0 Å². The number of hydrogen-bond acceptors (Lipinski definition) is 4. The molecule has 6 heteroatoms. The molecule has 0 aromatic carbocycles. The van der Waals surface area contributed by atoms with Gasteiger partial charge in [-0.05, 0) is 26.2 Å². The van der Waals surface area contributed by atoms with Crippen molar-refractivity contribution in [1.82, 2.24) is 15.2 Å². The molecule has 5 nitrogen and oxygen atoms in total. The molecule has 2 amide bonds. The Labute approximate surface area is 128 Å². The Morgan fingerprint density at radius 2 is 2.10 bits per heavy atom. The van der Waals surface area contributed by atoms with Crippen LogP contribution in [0, 0.1) is 0 Å². The Hall–Kier alpha value is -1.43. The molecule has 1 aliphatic carbocycles. The number of nitrogens with one attached hydrogen (secondary N) is 1. The number of hydrogen-bond donors (Lipinski definition) is 1. The highest BCUT2D eigenvalue weighted by molar-refractivity contribution is 7.09. The smallest absolute Gasteiger partial charge is 0.249 e. The summed E-state index contributed by atoms with van der Waals surface area (Å²) in [6, 6.07) is 0. The van der Waals surface area contributed by atoms with E-state index in [0.717, 1.165) is 30.6 Å². The fraction of sp³-hybridized carbons (Fsp3) is 0.667. The second-order valence-electron chi connectivity index (χ2n) is 6.24. The number of aromatic nitrogens is 1. The molecule has 1 atom stereocenters. The lowest BCUT2D eigenvalue weighted by atomic mass is 9.83. The number of carbonyl (C=O) groups is 2. The first-order chi connectivity index (χ1) is 10.0. The lowest BCUT2D eigenvalue weighted by molar-refractivity contribution is -0.163. The van der Waals surface area contributed by atoms with E-state index in [-0.39, 0.29) is 11.8 Å². The predicted molar refractivity (Wildman–Crippen MR) is 80.7 cm³/mol. The number of amides is 2. The van der Waals surface area contributed by atoms with E-state index in [9.17, 15) is 9.59 Å². The monoisotopic (exact) mass is 307 g/mol. The van der Waals surface area contributed by atoms with Crippen molar-refractivity contribution in [3.63, 3.8) is 0 Å². The van der Waals surface area contributed by atoms with Crippen LogP contribution in [-0.4, -0.2) is 32.8 Å². The third-order valence-electron chi connectivity index (χ3n) is 4.98. The Morgan fingerprint density at radius 3 is 2.67 bits per heavy atom. The summed E-state index contributed by atoms with van der Waals surface area (Å²) in [4.78, 5) is 32.7. The van der Waals surface area contributed by atoms with E-state index in [1.165, 1.54) is 11.3 Å². The summed E-state index contributed by atoms with van der Waals surface area (Å²) in [6.07, 6.45) is 5.93. The van der Waals surface area contributed by atoms with E-state index < -0.39 is 11.1 Å². The Kier molecular flexibility index (Phi) is 3.51. The van der Waals surface area contributed by atoms with Gasteiger partial charge in [0.2, 0.25) is 11.8 Å². The number of carbonyl (C=O) groups excluding carboxylic acids is 2. The summed E-state index contributed by atoms with van der Waals surface area (Å²) in [5.74, 6) is 0.0633. The first-order valence-corrected chi connectivity index (χ1v) is 8.42. The van der Waals surface area contributed by atoms with Crippen LogP contribution in [0.3, 0.4) is 0 Å². The standard InChI is InChI=1S/C15H21N3O2S/c1-3-14(2)13(20)18(9-11-8-16-10-21-11)15(12(19)17-14)6-4-5-7-15/h8,10H,3-7,9H2,1-2H3,(H,17,19). The molecule has 2 aliphatic rings. The number of rotatable bonds is 3. The zero-order valence-electron chi connectivity index (χ0n) is 12.5. The Balaban J connectivity index is 1.99. The second-order valence-corrected chi connectivity index (χ2v) is 7.21. The molecular weight excluding hydrogens is 286 g/mol. The quantitative estimate of drug-likeness (QED) is 0.930. The van der Waals surface area contributed by atoms with E-state index in [0.29, 0.717) is 13.0 Å². The maximum atomic E-state index is 13.0. The average molecular weight is 307 g/mol. The number of piperazine rings is 1. The predicted octanol–water partition coefficient (Wildman–Crippen LogP) is 2.08. The molecule has 114 valence electrons. The van der Waals surface area contributed by atoms with Gasteiger partial charge in [-0.1, -0.05) is 19.8 Å². The van der Waals surface area contributed by atoms with Crippen LogP contribution in [0.2, 0.25) is 0 Å². The molecule has 1 aliphatic heterocycles. The van der Waals surface area contributed by atoms with Crippen LogP contribution in [0.4, 0.5) is 0 Å². The van der Waals surface area contributed by atoms with Gasteiger partial charge in [0.15, 0.2) is 0 Å². The molecule has 3 rings (SSSR count). The highest BCUT2D eigenvalue weighted by Gasteiger charge is 2.57. The second kappa shape index (κ2) is 5.09. The summed E-state index contributed by atoms with van der Waals surface area (Å²) < 4.78 is 0. The van der Waals surface area contributed by atoms with Crippen LogP contribution in [0.1, 0.15) is 50.8 Å². The lowest BCUT2D eigenvalue weighted by Gasteiger charge is -2.50. The van der Waals surface area contributed by atoms with Crippen molar-refractivity contribution < 1.29 is 9.59 Å². The maximum absolute atomic E-state index is 13.0. The molecule has 2 heterocycles. The highest BCUT2D eigenvalue weighted by Crippen LogP contribution is 2.41. The summed E-state index contributed by atoms with van der Waals surface area (Å²) in [5, 5.41) is 2.99. The van der Waals surface area contributed by atoms with Gasteiger partial charge in [-0.15, -0.1) is 11.3 Å². The van der Waals surface area contributed by atoms with E-state index in [1.807, 2.05) is 18.7 Å². The molecule has 0 bridgehead atoms. The maximum Gasteiger partial charge on any atom is 0.249 e. The topological polar surface area (TPSA) is 62.3 Å². The summed E-state index contributed by atoms with van der Waals surface area (Å²) in [6.45, 7) is 4.26. The minimum Gasteiger partial charge on any atom is -0.340 e.